The Bertz CT molecular complexity index is 658. The molecule has 0 unspecified atom stereocenters. The third-order valence-electron chi connectivity index (χ3n) is 3.90. The molecule has 1 aromatic carbocycles. The first-order valence-electron chi connectivity index (χ1n) is 6.57. The van der Waals surface area contributed by atoms with Gasteiger partial charge in [-0.25, -0.2) is 0 Å². The van der Waals surface area contributed by atoms with E-state index in [0.29, 0.717) is 0 Å². The van der Waals surface area contributed by atoms with E-state index in [1.807, 2.05) is 10.6 Å². The number of carboxylic acid groups (broad SMARTS) is 1. The molecule has 1 N–H and O–H groups in total. The number of benzene rings is 1. The molecule has 1 aromatic heterocycles. The van der Waals surface area contributed by atoms with E-state index in [2.05, 4.69) is 31.0 Å². The molecule has 4 heteroatoms. The van der Waals surface area contributed by atoms with E-state index in [0.717, 1.165) is 30.7 Å². The number of nitrogens with zero attached hydrogens (tertiary/aromatic N) is 2. The molecule has 0 radical (unpaired) electrons. The molecule has 1 aliphatic rings. The highest BCUT2D eigenvalue weighted by molar-refractivity contribution is 5.87. The highest BCUT2D eigenvalue weighted by Gasteiger charge is 2.23. The number of hydrogen-bond acceptors (Lipinski definition) is 2. The first kappa shape index (κ1) is 12.2. The van der Waals surface area contributed by atoms with Gasteiger partial charge in [-0.15, -0.1) is 0 Å². The van der Waals surface area contributed by atoms with Gasteiger partial charge in [0.15, 0.2) is 0 Å². The van der Waals surface area contributed by atoms with E-state index in [9.17, 15) is 4.79 Å². The average Bonchev–Trinajstić information content (AvgIpc) is 2.62. The summed E-state index contributed by atoms with van der Waals surface area (Å²) in [4.78, 5) is 13.4. The van der Waals surface area contributed by atoms with E-state index in [4.69, 9.17) is 5.11 Å². The second kappa shape index (κ2) is 4.38. The number of rotatable bonds is 2. The molecule has 0 atom stereocenters. The van der Waals surface area contributed by atoms with Crippen molar-refractivity contribution in [2.75, 3.05) is 13.6 Å². The van der Waals surface area contributed by atoms with Crippen molar-refractivity contribution in [3.05, 3.63) is 35.0 Å². The molecule has 0 saturated heterocycles. The van der Waals surface area contributed by atoms with Crippen LogP contribution in [0.3, 0.4) is 0 Å². The largest absolute Gasteiger partial charge is 0.480 e. The Morgan fingerprint density at radius 1 is 1.42 bits per heavy atom. The van der Waals surface area contributed by atoms with Crippen LogP contribution in [-0.4, -0.2) is 34.1 Å². The van der Waals surface area contributed by atoms with Crippen LogP contribution < -0.4 is 0 Å². The Kier molecular flexibility index (Phi) is 2.82. The number of aromatic nitrogens is 1. The zero-order valence-corrected chi connectivity index (χ0v) is 11.3. The number of aliphatic carboxylic acids is 1. The fourth-order valence-corrected chi connectivity index (χ4v) is 3.00. The Morgan fingerprint density at radius 3 is 2.95 bits per heavy atom. The summed E-state index contributed by atoms with van der Waals surface area (Å²) in [6.07, 6.45) is 0.998. The molecule has 2 aromatic rings. The summed E-state index contributed by atoms with van der Waals surface area (Å²) < 4.78 is 1.96. The molecule has 100 valence electrons. The highest BCUT2D eigenvalue weighted by atomic mass is 16.4. The van der Waals surface area contributed by atoms with Gasteiger partial charge in [0.05, 0.1) is 0 Å². The maximum Gasteiger partial charge on any atom is 0.323 e. The Balaban J connectivity index is 2.26. The second-order valence-corrected chi connectivity index (χ2v) is 5.41. The van der Waals surface area contributed by atoms with Crippen molar-refractivity contribution in [2.45, 2.75) is 26.4 Å². The second-order valence-electron chi connectivity index (χ2n) is 5.41. The molecule has 4 nitrogen and oxygen atoms in total. The van der Waals surface area contributed by atoms with Gasteiger partial charge < -0.3 is 14.6 Å². The van der Waals surface area contributed by atoms with Crippen LogP contribution in [0.25, 0.3) is 10.9 Å². The molecule has 0 fully saturated rings. The van der Waals surface area contributed by atoms with E-state index in [-0.39, 0.29) is 6.54 Å². The summed E-state index contributed by atoms with van der Waals surface area (Å²) in [5.74, 6) is -0.784. The first-order valence-corrected chi connectivity index (χ1v) is 6.57. The monoisotopic (exact) mass is 258 g/mol. The minimum absolute atomic E-state index is 0.0444. The molecule has 0 aliphatic carbocycles. The lowest BCUT2D eigenvalue weighted by atomic mass is 10.0. The van der Waals surface area contributed by atoms with E-state index in [1.54, 1.807) is 0 Å². The van der Waals surface area contributed by atoms with Gasteiger partial charge >= 0.3 is 5.97 Å². The minimum atomic E-state index is -0.784. The van der Waals surface area contributed by atoms with Gasteiger partial charge in [0, 0.05) is 29.7 Å². The third kappa shape index (κ3) is 2.02. The molecular formula is C15H18N2O2. The van der Waals surface area contributed by atoms with E-state index in [1.165, 1.54) is 16.5 Å². The van der Waals surface area contributed by atoms with Crippen molar-refractivity contribution in [3.63, 3.8) is 0 Å². The zero-order chi connectivity index (χ0) is 13.6. The van der Waals surface area contributed by atoms with Crippen LogP contribution in [0.15, 0.2) is 18.2 Å². The molecule has 0 spiro atoms. The number of carbonyl (C=O) groups is 1. The molecule has 2 heterocycles. The van der Waals surface area contributed by atoms with Gasteiger partial charge in [0.2, 0.25) is 0 Å². The van der Waals surface area contributed by atoms with Crippen LogP contribution >= 0.6 is 0 Å². The van der Waals surface area contributed by atoms with Crippen molar-refractivity contribution >= 4 is 16.9 Å². The van der Waals surface area contributed by atoms with E-state index >= 15 is 0 Å². The minimum Gasteiger partial charge on any atom is -0.480 e. The predicted molar refractivity (Wildman–Crippen MR) is 74.3 cm³/mol. The highest BCUT2D eigenvalue weighted by Crippen LogP contribution is 2.31. The summed E-state index contributed by atoms with van der Waals surface area (Å²) >= 11 is 0. The first-order chi connectivity index (χ1) is 9.06. The Labute approximate surface area is 112 Å². The lowest BCUT2D eigenvalue weighted by Gasteiger charge is -2.24. The van der Waals surface area contributed by atoms with Gasteiger partial charge in [-0.3, -0.25) is 4.79 Å². The summed E-state index contributed by atoms with van der Waals surface area (Å²) in [6, 6.07) is 6.28. The Morgan fingerprint density at radius 2 is 2.21 bits per heavy atom. The Hall–Kier alpha value is -1.81. The van der Waals surface area contributed by atoms with Crippen molar-refractivity contribution in [2.24, 2.45) is 0 Å². The smallest absolute Gasteiger partial charge is 0.323 e. The molecular weight excluding hydrogens is 240 g/mol. The predicted octanol–water partition coefficient (Wildman–Crippen LogP) is 2.02. The van der Waals surface area contributed by atoms with Gasteiger partial charge in [0.25, 0.3) is 0 Å². The normalized spacial score (nSPS) is 15.7. The van der Waals surface area contributed by atoms with Gasteiger partial charge in [-0.1, -0.05) is 11.6 Å². The fourth-order valence-electron chi connectivity index (χ4n) is 3.00. The lowest BCUT2D eigenvalue weighted by molar-refractivity contribution is -0.137. The van der Waals surface area contributed by atoms with Crippen LogP contribution in [0, 0.1) is 6.92 Å². The number of fused-ring (bicyclic) bond motifs is 3. The quantitative estimate of drug-likeness (QED) is 0.896. The molecule has 0 amide bonds. The summed E-state index contributed by atoms with van der Waals surface area (Å²) in [5.41, 5.74) is 4.77. The van der Waals surface area contributed by atoms with Crippen LogP contribution in [0.5, 0.6) is 0 Å². The van der Waals surface area contributed by atoms with Crippen LogP contribution in [0.1, 0.15) is 16.8 Å². The zero-order valence-electron chi connectivity index (χ0n) is 11.3. The standard InChI is InChI=1S/C15H18N2O2/c1-10-3-4-13-12(7-10)11-5-6-16(2)8-14(11)17(13)9-15(18)19/h3-4,7H,5-6,8-9H2,1-2H3,(H,18,19). The van der Waals surface area contributed by atoms with Crippen molar-refractivity contribution in [1.29, 1.82) is 0 Å². The average molecular weight is 258 g/mol. The maximum atomic E-state index is 11.1. The molecule has 0 saturated carbocycles. The maximum absolute atomic E-state index is 11.1. The summed E-state index contributed by atoms with van der Waals surface area (Å²) in [5, 5.41) is 10.4. The topological polar surface area (TPSA) is 45.5 Å². The summed E-state index contributed by atoms with van der Waals surface area (Å²) in [7, 11) is 2.08. The van der Waals surface area contributed by atoms with Gasteiger partial charge in [-0.2, -0.15) is 0 Å². The van der Waals surface area contributed by atoms with Crippen LogP contribution in [0.4, 0.5) is 0 Å². The molecule has 3 rings (SSSR count). The SMILES string of the molecule is Cc1ccc2c(c1)c1c(n2CC(=O)O)CN(C)CC1. The molecule has 1 aliphatic heterocycles. The number of hydrogen-bond donors (Lipinski definition) is 1. The fraction of sp³-hybridized carbons (Fsp3) is 0.400. The summed E-state index contributed by atoms with van der Waals surface area (Å²) in [6.45, 7) is 3.99. The van der Waals surface area contributed by atoms with Gasteiger partial charge in [-0.05, 0) is 38.1 Å². The van der Waals surface area contributed by atoms with Gasteiger partial charge in [0.1, 0.15) is 6.54 Å². The number of aryl methyl sites for hydroxylation is 1. The molecule has 19 heavy (non-hydrogen) atoms. The van der Waals surface area contributed by atoms with Crippen LogP contribution in [-0.2, 0) is 24.3 Å². The van der Waals surface area contributed by atoms with E-state index < -0.39 is 5.97 Å². The third-order valence-corrected chi connectivity index (χ3v) is 3.90. The van der Waals surface area contributed by atoms with Crippen molar-refractivity contribution in [1.82, 2.24) is 9.47 Å². The van der Waals surface area contributed by atoms with Crippen molar-refractivity contribution < 1.29 is 9.90 Å². The lowest BCUT2D eigenvalue weighted by Crippen LogP contribution is -2.28. The van der Waals surface area contributed by atoms with Crippen LogP contribution in [0.2, 0.25) is 0 Å². The number of likely N-dealkylation sites (N-methyl/N-ethyl adjacent to an activating group) is 1. The van der Waals surface area contributed by atoms with Crippen molar-refractivity contribution in [3.8, 4) is 0 Å². The molecule has 0 bridgehead atoms. The number of carboxylic acids is 1.